The molecular formula is C16H25ClIN3O2. The standard InChI is InChI=1S/C16H24ClN3O2.HI/c1-18-15(19-2)20-11-16(6-8-22-9-7-16)13-10-12(17)4-5-14(13)21-3;/h4-5,10H,6-9,11H2,1-3H3,(H2,18,19,20);1H. The molecule has 0 unspecified atom stereocenters. The van der Waals surface area contributed by atoms with Crippen LogP contribution in [0.2, 0.25) is 5.02 Å². The predicted molar refractivity (Wildman–Crippen MR) is 106 cm³/mol. The third kappa shape index (κ3) is 4.87. The molecule has 130 valence electrons. The topological polar surface area (TPSA) is 54.9 Å². The summed E-state index contributed by atoms with van der Waals surface area (Å²) in [5.41, 5.74) is 1.05. The largest absolute Gasteiger partial charge is 0.496 e. The van der Waals surface area contributed by atoms with Crippen molar-refractivity contribution < 1.29 is 9.47 Å². The van der Waals surface area contributed by atoms with Gasteiger partial charge in [0.2, 0.25) is 0 Å². The molecule has 1 heterocycles. The van der Waals surface area contributed by atoms with Gasteiger partial charge in [0, 0.05) is 49.9 Å². The lowest BCUT2D eigenvalue weighted by molar-refractivity contribution is 0.0505. The van der Waals surface area contributed by atoms with Gasteiger partial charge in [-0.15, -0.1) is 24.0 Å². The van der Waals surface area contributed by atoms with E-state index in [0.717, 1.165) is 54.9 Å². The van der Waals surface area contributed by atoms with E-state index in [4.69, 9.17) is 21.1 Å². The Labute approximate surface area is 160 Å². The third-order valence-electron chi connectivity index (χ3n) is 4.24. The van der Waals surface area contributed by atoms with E-state index >= 15 is 0 Å². The summed E-state index contributed by atoms with van der Waals surface area (Å²) in [5.74, 6) is 1.64. The predicted octanol–water partition coefficient (Wildman–Crippen LogP) is 2.81. The lowest BCUT2D eigenvalue weighted by Gasteiger charge is -2.39. The molecule has 1 aliphatic rings. The number of ether oxygens (including phenoxy) is 2. The number of nitrogens with zero attached hydrogens (tertiary/aromatic N) is 1. The highest BCUT2D eigenvalue weighted by Crippen LogP contribution is 2.40. The van der Waals surface area contributed by atoms with Crippen molar-refractivity contribution in [3.8, 4) is 5.75 Å². The highest BCUT2D eigenvalue weighted by molar-refractivity contribution is 14.0. The van der Waals surface area contributed by atoms with Gasteiger partial charge >= 0.3 is 0 Å². The van der Waals surface area contributed by atoms with Crippen molar-refractivity contribution >= 4 is 41.5 Å². The molecule has 0 atom stereocenters. The van der Waals surface area contributed by atoms with Crippen LogP contribution in [0.1, 0.15) is 18.4 Å². The zero-order valence-corrected chi connectivity index (χ0v) is 16.9. The van der Waals surface area contributed by atoms with Gasteiger partial charge in [-0.2, -0.15) is 0 Å². The number of guanidine groups is 1. The van der Waals surface area contributed by atoms with Gasteiger partial charge < -0.3 is 20.1 Å². The van der Waals surface area contributed by atoms with E-state index in [2.05, 4.69) is 15.6 Å². The van der Waals surface area contributed by atoms with Crippen LogP contribution in [-0.2, 0) is 10.2 Å². The number of methoxy groups -OCH3 is 1. The average molecular weight is 454 g/mol. The zero-order valence-electron chi connectivity index (χ0n) is 13.8. The van der Waals surface area contributed by atoms with E-state index in [1.54, 1.807) is 14.2 Å². The first-order valence-corrected chi connectivity index (χ1v) is 7.83. The smallest absolute Gasteiger partial charge is 0.190 e. The average Bonchev–Trinajstić information content (AvgIpc) is 2.56. The van der Waals surface area contributed by atoms with Crippen molar-refractivity contribution in [2.45, 2.75) is 18.3 Å². The van der Waals surface area contributed by atoms with Gasteiger partial charge in [-0.05, 0) is 31.0 Å². The third-order valence-corrected chi connectivity index (χ3v) is 4.47. The van der Waals surface area contributed by atoms with Crippen LogP contribution in [0.3, 0.4) is 0 Å². The first-order chi connectivity index (χ1) is 10.6. The quantitative estimate of drug-likeness (QED) is 0.418. The number of benzene rings is 1. The highest BCUT2D eigenvalue weighted by Gasteiger charge is 2.37. The molecule has 1 aromatic carbocycles. The normalized spacial score (nSPS) is 17.1. The van der Waals surface area contributed by atoms with E-state index in [0.29, 0.717) is 0 Å². The molecule has 2 rings (SSSR count). The summed E-state index contributed by atoms with van der Waals surface area (Å²) in [5, 5.41) is 7.16. The van der Waals surface area contributed by atoms with E-state index in [-0.39, 0.29) is 29.4 Å². The molecule has 0 bridgehead atoms. The summed E-state index contributed by atoms with van der Waals surface area (Å²) in [6, 6.07) is 5.80. The van der Waals surface area contributed by atoms with Crippen LogP contribution in [-0.4, -0.2) is 46.9 Å². The van der Waals surface area contributed by atoms with Gasteiger partial charge in [0.1, 0.15) is 5.75 Å². The van der Waals surface area contributed by atoms with Crippen molar-refractivity contribution in [3.05, 3.63) is 28.8 Å². The Morgan fingerprint density at radius 1 is 1.39 bits per heavy atom. The van der Waals surface area contributed by atoms with Gasteiger partial charge in [0.05, 0.1) is 7.11 Å². The minimum Gasteiger partial charge on any atom is -0.496 e. The van der Waals surface area contributed by atoms with Crippen LogP contribution < -0.4 is 15.4 Å². The first kappa shape index (κ1) is 20.3. The summed E-state index contributed by atoms with van der Waals surface area (Å²) in [6.07, 6.45) is 1.83. The highest BCUT2D eigenvalue weighted by atomic mass is 127. The Morgan fingerprint density at radius 3 is 2.65 bits per heavy atom. The van der Waals surface area contributed by atoms with Crippen LogP contribution in [0.25, 0.3) is 0 Å². The fraction of sp³-hybridized carbons (Fsp3) is 0.562. The minimum absolute atomic E-state index is 0. The molecule has 0 spiro atoms. The molecule has 1 aromatic rings. The van der Waals surface area contributed by atoms with E-state index in [9.17, 15) is 0 Å². The lowest BCUT2D eigenvalue weighted by atomic mass is 9.73. The fourth-order valence-electron chi connectivity index (χ4n) is 2.93. The summed E-state index contributed by atoms with van der Waals surface area (Å²) in [4.78, 5) is 4.18. The van der Waals surface area contributed by atoms with Crippen molar-refractivity contribution in [2.24, 2.45) is 4.99 Å². The summed E-state index contributed by atoms with van der Waals surface area (Å²) < 4.78 is 11.1. The molecule has 1 saturated heterocycles. The van der Waals surface area contributed by atoms with Crippen LogP contribution in [0, 0.1) is 0 Å². The Morgan fingerprint density at radius 2 is 2.09 bits per heavy atom. The number of aliphatic imine (C=N–C) groups is 1. The minimum atomic E-state index is -0.0821. The Bertz CT molecular complexity index is 534. The SMILES string of the molecule is CN=C(NC)NCC1(c2cc(Cl)ccc2OC)CCOCC1.I. The van der Waals surface area contributed by atoms with Crippen molar-refractivity contribution in [2.75, 3.05) is 41.0 Å². The van der Waals surface area contributed by atoms with Gasteiger partial charge in [0.15, 0.2) is 5.96 Å². The maximum Gasteiger partial charge on any atom is 0.190 e. The molecule has 0 saturated carbocycles. The Balaban J connectivity index is 0.00000264. The van der Waals surface area contributed by atoms with Gasteiger partial charge in [-0.3, -0.25) is 4.99 Å². The molecular weight excluding hydrogens is 429 g/mol. The summed E-state index contributed by atoms with van der Waals surface area (Å²) >= 11 is 6.23. The molecule has 23 heavy (non-hydrogen) atoms. The second-order valence-electron chi connectivity index (χ2n) is 5.41. The number of halogens is 2. The second kappa shape index (κ2) is 9.54. The monoisotopic (exact) mass is 453 g/mol. The van der Waals surface area contributed by atoms with Gasteiger partial charge in [-0.25, -0.2) is 0 Å². The summed E-state index contributed by atoms with van der Waals surface area (Å²) in [6.45, 7) is 2.21. The Kier molecular flexibility index (Phi) is 8.42. The molecule has 1 fully saturated rings. The number of rotatable bonds is 4. The molecule has 0 amide bonds. The zero-order chi connectivity index (χ0) is 16.0. The summed E-state index contributed by atoms with van der Waals surface area (Å²) in [7, 11) is 5.31. The fourth-order valence-corrected chi connectivity index (χ4v) is 3.10. The Hall–Kier alpha value is -0.730. The maximum absolute atomic E-state index is 6.23. The maximum atomic E-state index is 6.23. The van der Waals surface area contributed by atoms with Crippen LogP contribution in [0.15, 0.2) is 23.2 Å². The lowest BCUT2D eigenvalue weighted by Crippen LogP contribution is -2.47. The molecule has 7 heteroatoms. The van der Waals surface area contributed by atoms with Crippen LogP contribution in [0.5, 0.6) is 5.75 Å². The van der Waals surface area contributed by atoms with E-state index < -0.39 is 0 Å². The van der Waals surface area contributed by atoms with Crippen molar-refractivity contribution in [1.29, 1.82) is 0 Å². The van der Waals surface area contributed by atoms with E-state index in [1.807, 2.05) is 25.2 Å². The van der Waals surface area contributed by atoms with Crippen molar-refractivity contribution in [3.63, 3.8) is 0 Å². The molecule has 0 aliphatic carbocycles. The molecule has 2 N–H and O–H groups in total. The van der Waals surface area contributed by atoms with Gasteiger partial charge in [0.25, 0.3) is 0 Å². The number of hydrogen-bond donors (Lipinski definition) is 2. The van der Waals surface area contributed by atoms with Gasteiger partial charge in [-0.1, -0.05) is 11.6 Å². The molecule has 5 nitrogen and oxygen atoms in total. The van der Waals surface area contributed by atoms with Crippen molar-refractivity contribution in [1.82, 2.24) is 10.6 Å². The number of hydrogen-bond acceptors (Lipinski definition) is 3. The molecule has 0 aromatic heterocycles. The van der Waals surface area contributed by atoms with Crippen LogP contribution >= 0.6 is 35.6 Å². The first-order valence-electron chi connectivity index (χ1n) is 7.45. The molecule has 1 aliphatic heterocycles. The van der Waals surface area contributed by atoms with E-state index in [1.165, 1.54) is 0 Å². The van der Waals surface area contributed by atoms with Crippen LogP contribution in [0.4, 0.5) is 0 Å². The molecule has 0 radical (unpaired) electrons. The second-order valence-corrected chi connectivity index (χ2v) is 5.85. The number of nitrogens with one attached hydrogen (secondary N) is 2.